The van der Waals surface area contributed by atoms with Crippen LogP contribution in [0.3, 0.4) is 0 Å². The summed E-state index contributed by atoms with van der Waals surface area (Å²) in [6, 6.07) is 27.0. The van der Waals surface area contributed by atoms with Crippen molar-refractivity contribution in [1.29, 1.82) is 0 Å². The molecule has 1 saturated heterocycles. The van der Waals surface area contributed by atoms with Crippen molar-refractivity contribution in [3.8, 4) is 11.4 Å². The van der Waals surface area contributed by atoms with Gasteiger partial charge in [0, 0.05) is 48.3 Å². The summed E-state index contributed by atoms with van der Waals surface area (Å²) in [5.74, 6) is -0.376. The van der Waals surface area contributed by atoms with E-state index in [0.29, 0.717) is 28.0 Å². The highest BCUT2D eigenvalue weighted by molar-refractivity contribution is 7.99. The Morgan fingerprint density at radius 2 is 1.63 bits per heavy atom. The van der Waals surface area contributed by atoms with Crippen LogP contribution in [0.5, 0.6) is 0 Å². The van der Waals surface area contributed by atoms with Crippen molar-refractivity contribution in [2.75, 3.05) is 18.5 Å². The van der Waals surface area contributed by atoms with E-state index >= 15 is 0 Å². The molecule has 1 amide bonds. The van der Waals surface area contributed by atoms with E-state index in [2.05, 4.69) is 20.7 Å². The van der Waals surface area contributed by atoms with Crippen molar-refractivity contribution in [2.24, 2.45) is 16.8 Å². The Labute approximate surface area is 301 Å². The second-order valence-corrected chi connectivity index (χ2v) is 14.6. The first-order chi connectivity index (χ1) is 25.0. The van der Waals surface area contributed by atoms with Crippen LogP contribution in [0.2, 0.25) is 0 Å². The van der Waals surface area contributed by atoms with Gasteiger partial charge in [-0.2, -0.15) is 9.41 Å². The summed E-state index contributed by atoms with van der Waals surface area (Å²) in [6.07, 6.45) is 1.71. The van der Waals surface area contributed by atoms with Gasteiger partial charge in [-0.15, -0.1) is 10.2 Å². The number of nitrogens with one attached hydrogen (secondary N) is 1. The minimum atomic E-state index is -4.25. The molecular formula is C34H31N9O7S2. The maximum atomic E-state index is 13.6. The molecule has 1 aromatic heterocycles. The molecule has 266 valence electrons. The van der Waals surface area contributed by atoms with Gasteiger partial charge in [-0.25, -0.2) is 8.42 Å². The Morgan fingerprint density at radius 1 is 0.942 bits per heavy atom. The third-order valence-corrected chi connectivity index (χ3v) is 11.4. The van der Waals surface area contributed by atoms with Crippen molar-refractivity contribution < 1.29 is 23.1 Å². The number of nitrogens with zero attached hydrogens (tertiary/aromatic N) is 7. The third-order valence-electron chi connectivity index (χ3n) is 8.36. The number of nitrogens with two attached hydrogens (primary N) is 1. The van der Waals surface area contributed by atoms with E-state index in [1.807, 2.05) is 65.2 Å². The van der Waals surface area contributed by atoms with Crippen LogP contribution >= 0.6 is 11.8 Å². The Bertz CT molecular complexity index is 2260. The van der Waals surface area contributed by atoms with Gasteiger partial charge >= 0.3 is 0 Å². The highest BCUT2D eigenvalue weighted by atomic mass is 32.2. The van der Waals surface area contributed by atoms with Crippen molar-refractivity contribution in [2.45, 2.75) is 34.3 Å². The van der Waals surface area contributed by atoms with Gasteiger partial charge in [-0.05, 0) is 42.3 Å². The number of hydrogen-bond acceptors (Lipinski definition) is 12. The number of amides is 1. The lowest BCUT2D eigenvalue weighted by Gasteiger charge is -2.30. The van der Waals surface area contributed by atoms with Gasteiger partial charge in [0.15, 0.2) is 11.0 Å². The van der Waals surface area contributed by atoms with Crippen molar-refractivity contribution in [3.63, 3.8) is 0 Å². The molecule has 6 rings (SSSR count). The minimum absolute atomic E-state index is 0.00546. The van der Waals surface area contributed by atoms with Gasteiger partial charge in [0.2, 0.25) is 15.9 Å². The van der Waals surface area contributed by atoms with E-state index in [1.54, 1.807) is 12.1 Å². The molecular weight excluding hydrogens is 711 g/mol. The van der Waals surface area contributed by atoms with Crippen LogP contribution in [0.25, 0.3) is 11.4 Å². The molecule has 2 heterocycles. The molecule has 0 spiro atoms. The van der Waals surface area contributed by atoms with Gasteiger partial charge in [-0.3, -0.25) is 35.0 Å². The number of non-ortho nitro benzene ring substituents is 1. The number of primary amides is 1. The number of sulfonamides is 1. The van der Waals surface area contributed by atoms with E-state index in [0.717, 1.165) is 39.3 Å². The summed E-state index contributed by atoms with van der Waals surface area (Å²) in [5.41, 5.74) is 9.44. The summed E-state index contributed by atoms with van der Waals surface area (Å²) < 4.78 is 30.3. The van der Waals surface area contributed by atoms with Crippen molar-refractivity contribution in [1.82, 2.24) is 19.1 Å². The number of hydrazone groups is 1. The fraction of sp³-hybridized carbons (Fsp3) is 0.176. The number of rotatable bonds is 13. The second-order valence-electron chi connectivity index (χ2n) is 11.7. The number of piperidine rings is 1. The predicted octanol–water partition coefficient (Wildman–Crippen LogP) is 5.29. The fourth-order valence-corrected chi connectivity index (χ4v) is 8.19. The number of benzene rings is 4. The minimum Gasteiger partial charge on any atom is -0.369 e. The number of carbonyl (C=O) groups is 1. The highest BCUT2D eigenvalue weighted by Crippen LogP contribution is 2.37. The summed E-state index contributed by atoms with van der Waals surface area (Å²) in [4.78, 5) is 34.0. The summed E-state index contributed by atoms with van der Waals surface area (Å²) in [6.45, 7) is 0.438. The van der Waals surface area contributed by atoms with E-state index in [1.165, 1.54) is 18.3 Å². The average molecular weight is 742 g/mol. The molecule has 0 atom stereocenters. The first-order valence-electron chi connectivity index (χ1n) is 15.9. The van der Waals surface area contributed by atoms with Gasteiger partial charge < -0.3 is 5.73 Å². The van der Waals surface area contributed by atoms with Crippen LogP contribution in [0, 0.1) is 26.1 Å². The van der Waals surface area contributed by atoms with E-state index < -0.39 is 37.4 Å². The lowest BCUT2D eigenvalue weighted by Crippen LogP contribution is -2.41. The third kappa shape index (κ3) is 7.98. The summed E-state index contributed by atoms with van der Waals surface area (Å²) in [5, 5.41) is 37.1. The first kappa shape index (κ1) is 35.8. The smallest absolute Gasteiger partial charge is 0.283 e. The number of anilines is 1. The Hall–Kier alpha value is -5.98. The quantitative estimate of drug-likeness (QED) is 0.0896. The number of hydrogen-bond donors (Lipinski definition) is 2. The summed E-state index contributed by atoms with van der Waals surface area (Å²) in [7, 11) is -4.25. The topological polar surface area (TPSA) is 222 Å². The molecule has 0 unspecified atom stereocenters. The van der Waals surface area contributed by atoms with Crippen LogP contribution in [0.4, 0.5) is 17.1 Å². The van der Waals surface area contributed by atoms with Gasteiger partial charge in [0.05, 0.1) is 33.2 Å². The standard InChI is InChI=1S/C34H31N9O7S2/c35-32(44)25-15-17-40(18-16-25)52(49,50)31-20-27(42(45)46)12-13-28(31)37-36-21-24-11-14-30(29(19-24)43(47)48)51-34-39-38-33(26-9-5-2-6-10-26)41(34)22-23-7-3-1-4-8-23/h1-14,19-21,25,37H,15-18,22H2,(H2,35,44)/b36-21-. The lowest BCUT2D eigenvalue weighted by molar-refractivity contribution is -0.387. The molecule has 3 N–H and O–H groups in total. The zero-order valence-corrected chi connectivity index (χ0v) is 28.9. The second kappa shape index (κ2) is 15.5. The molecule has 52 heavy (non-hydrogen) atoms. The normalized spacial score (nSPS) is 14.0. The molecule has 16 nitrogen and oxygen atoms in total. The molecule has 5 aromatic rings. The molecule has 0 saturated carbocycles. The molecule has 0 radical (unpaired) electrons. The average Bonchev–Trinajstić information content (AvgIpc) is 3.54. The Kier molecular flexibility index (Phi) is 10.7. The van der Waals surface area contributed by atoms with Crippen LogP contribution in [-0.2, 0) is 21.4 Å². The van der Waals surface area contributed by atoms with Crippen LogP contribution in [-0.4, -0.2) is 62.5 Å². The van der Waals surface area contributed by atoms with Crippen LogP contribution in [0.15, 0.2) is 117 Å². The Morgan fingerprint density at radius 3 is 2.29 bits per heavy atom. The monoisotopic (exact) mass is 741 g/mol. The molecule has 0 aliphatic carbocycles. The molecule has 18 heteroatoms. The lowest BCUT2D eigenvalue weighted by atomic mass is 9.98. The first-order valence-corrected chi connectivity index (χ1v) is 18.1. The molecule has 1 fully saturated rings. The van der Waals surface area contributed by atoms with Crippen LogP contribution in [0.1, 0.15) is 24.0 Å². The predicted molar refractivity (Wildman–Crippen MR) is 193 cm³/mol. The van der Waals surface area contributed by atoms with Gasteiger partial charge in [0.25, 0.3) is 11.4 Å². The Balaban J connectivity index is 1.25. The number of nitro groups is 2. The van der Waals surface area contributed by atoms with Gasteiger partial charge in [0.1, 0.15) is 4.90 Å². The highest BCUT2D eigenvalue weighted by Gasteiger charge is 2.34. The maximum Gasteiger partial charge on any atom is 0.283 e. The summed E-state index contributed by atoms with van der Waals surface area (Å²) >= 11 is 1.09. The van der Waals surface area contributed by atoms with Crippen molar-refractivity contribution in [3.05, 3.63) is 128 Å². The molecule has 1 aliphatic heterocycles. The molecule has 4 aromatic carbocycles. The zero-order chi connectivity index (χ0) is 36.8. The van der Waals surface area contributed by atoms with E-state index in [4.69, 9.17) is 5.73 Å². The largest absolute Gasteiger partial charge is 0.369 e. The van der Waals surface area contributed by atoms with Crippen LogP contribution < -0.4 is 11.2 Å². The SMILES string of the molecule is NC(=O)C1CCN(S(=O)(=O)c2cc([N+](=O)[O-])ccc2N/N=C\c2ccc(Sc3nnc(-c4ccccc4)n3Cc3ccccc3)c([N+](=O)[O-])c2)CC1. The number of carbonyl (C=O) groups excluding carboxylic acids is 1. The van der Waals surface area contributed by atoms with Crippen molar-refractivity contribution >= 4 is 51.0 Å². The molecule has 1 aliphatic rings. The molecule has 0 bridgehead atoms. The fourth-order valence-electron chi connectivity index (χ4n) is 5.64. The number of aromatic nitrogens is 3. The number of nitro benzene ring substituents is 2. The van der Waals surface area contributed by atoms with E-state index in [-0.39, 0.29) is 42.2 Å². The maximum absolute atomic E-state index is 13.6. The zero-order valence-electron chi connectivity index (χ0n) is 27.3. The van der Waals surface area contributed by atoms with E-state index in [9.17, 15) is 33.4 Å². The van der Waals surface area contributed by atoms with Gasteiger partial charge in [-0.1, -0.05) is 66.7 Å².